The van der Waals surface area contributed by atoms with E-state index < -0.39 is 0 Å². The summed E-state index contributed by atoms with van der Waals surface area (Å²) in [6.45, 7) is 5.43. The van der Waals surface area contributed by atoms with Crippen LogP contribution in [0.15, 0.2) is 24.3 Å². The number of ether oxygens (including phenoxy) is 1. The van der Waals surface area contributed by atoms with Crippen LogP contribution in [0.4, 0.5) is 4.39 Å². The van der Waals surface area contributed by atoms with E-state index in [0.717, 1.165) is 5.56 Å². The Morgan fingerprint density at radius 2 is 2.00 bits per heavy atom. The first-order valence-electron chi connectivity index (χ1n) is 8.23. The van der Waals surface area contributed by atoms with Gasteiger partial charge < -0.3 is 14.5 Å². The van der Waals surface area contributed by atoms with Gasteiger partial charge in [0.05, 0.1) is 6.04 Å². The van der Waals surface area contributed by atoms with Crippen molar-refractivity contribution in [2.24, 2.45) is 5.92 Å². The van der Waals surface area contributed by atoms with Gasteiger partial charge in [0.25, 0.3) is 0 Å². The summed E-state index contributed by atoms with van der Waals surface area (Å²) >= 11 is 0. The lowest BCUT2D eigenvalue weighted by Gasteiger charge is -2.34. The van der Waals surface area contributed by atoms with Crippen molar-refractivity contribution >= 4 is 11.8 Å². The number of benzene rings is 1. The first kappa shape index (κ1) is 18.4. The summed E-state index contributed by atoms with van der Waals surface area (Å²) in [4.78, 5) is 28.3. The van der Waals surface area contributed by atoms with Crippen molar-refractivity contribution < 1.29 is 18.7 Å². The third kappa shape index (κ3) is 4.54. The molecule has 0 N–H and O–H groups in total. The quantitative estimate of drug-likeness (QED) is 0.827. The highest BCUT2D eigenvalue weighted by Gasteiger charge is 2.33. The predicted molar refractivity (Wildman–Crippen MR) is 88.6 cm³/mol. The number of rotatable bonds is 5. The van der Waals surface area contributed by atoms with Crippen LogP contribution in [0.1, 0.15) is 25.8 Å². The molecule has 1 aliphatic heterocycles. The number of methoxy groups -OCH3 is 1. The van der Waals surface area contributed by atoms with Crippen molar-refractivity contribution in [3.05, 3.63) is 35.6 Å². The summed E-state index contributed by atoms with van der Waals surface area (Å²) in [6, 6.07) is 6.11. The molecule has 2 rings (SSSR count). The molecule has 24 heavy (non-hydrogen) atoms. The fraction of sp³-hybridized carbons (Fsp3) is 0.556. The summed E-state index contributed by atoms with van der Waals surface area (Å²) in [6.07, 6.45) is 0.292. The Morgan fingerprint density at radius 3 is 2.58 bits per heavy atom. The van der Waals surface area contributed by atoms with Crippen LogP contribution in [-0.2, 0) is 20.9 Å². The van der Waals surface area contributed by atoms with E-state index >= 15 is 0 Å². The van der Waals surface area contributed by atoms with E-state index in [0.29, 0.717) is 26.1 Å². The minimum absolute atomic E-state index is 0.0192. The molecule has 0 aliphatic carbocycles. The molecule has 1 atom stereocenters. The fourth-order valence-electron chi connectivity index (χ4n) is 2.98. The van der Waals surface area contributed by atoms with Crippen LogP contribution in [0.3, 0.4) is 0 Å². The van der Waals surface area contributed by atoms with Gasteiger partial charge in [-0.15, -0.1) is 0 Å². The normalized spacial score (nSPS) is 18.9. The van der Waals surface area contributed by atoms with Gasteiger partial charge in [-0.3, -0.25) is 9.59 Å². The van der Waals surface area contributed by atoms with Crippen molar-refractivity contribution in [3.8, 4) is 0 Å². The Balaban J connectivity index is 2.19. The summed E-state index contributed by atoms with van der Waals surface area (Å²) < 4.78 is 18.0. The molecule has 0 aromatic heterocycles. The second kappa shape index (κ2) is 8.24. The van der Waals surface area contributed by atoms with E-state index in [4.69, 9.17) is 4.74 Å². The molecule has 2 amide bonds. The maximum absolute atomic E-state index is 13.1. The van der Waals surface area contributed by atoms with Gasteiger partial charge in [0.15, 0.2) is 0 Å². The highest BCUT2D eigenvalue weighted by atomic mass is 19.1. The van der Waals surface area contributed by atoms with Crippen LogP contribution in [-0.4, -0.2) is 54.5 Å². The van der Waals surface area contributed by atoms with Crippen molar-refractivity contribution in [2.45, 2.75) is 32.9 Å². The summed E-state index contributed by atoms with van der Waals surface area (Å²) in [5.74, 6) is -0.173. The largest absolute Gasteiger partial charge is 0.375 e. The number of carbonyl (C=O) groups is 2. The lowest BCUT2D eigenvalue weighted by molar-refractivity contribution is -0.136. The second-order valence-electron chi connectivity index (χ2n) is 6.48. The van der Waals surface area contributed by atoms with Crippen molar-refractivity contribution in [3.63, 3.8) is 0 Å². The minimum atomic E-state index is -0.294. The molecule has 1 aromatic carbocycles. The van der Waals surface area contributed by atoms with Gasteiger partial charge in [-0.25, -0.2) is 4.39 Å². The van der Waals surface area contributed by atoms with Gasteiger partial charge in [-0.2, -0.15) is 0 Å². The molecule has 0 spiro atoms. The lowest BCUT2D eigenvalue weighted by atomic mass is 10.0. The van der Waals surface area contributed by atoms with Gasteiger partial charge >= 0.3 is 0 Å². The molecule has 132 valence electrons. The van der Waals surface area contributed by atoms with Crippen LogP contribution in [0.25, 0.3) is 0 Å². The van der Waals surface area contributed by atoms with E-state index in [1.807, 2.05) is 18.7 Å². The number of carbonyl (C=O) groups excluding carboxylic acids is 2. The maximum atomic E-state index is 13.1. The second-order valence-corrected chi connectivity index (χ2v) is 6.48. The van der Waals surface area contributed by atoms with Gasteiger partial charge in [-0.05, 0) is 23.6 Å². The third-order valence-corrected chi connectivity index (χ3v) is 4.38. The van der Waals surface area contributed by atoms with Crippen LogP contribution in [0.5, 0.6) is 0 Å². The monoisotopic (exact) mass is 336 g/mol. The molecule has 1 aliphatic rings. The van der Waals surface area contributed by atoms with Gasteiger partial charge in [0.2, 0.25) is 11.8 Å². The summed E-state index contributed by atoms with van der Waals surface area (Å²) in [7, 11) is 1.49. The van der Waals surface area contributed by atoms with Gasteiger partial charge in [0.1, 0.15) is 12.4 Å². The van der Waals surface area contributed by atoms with E-state index in [9.17, 15) is 14.0 Å². The number of nitrogens with zero attached hydrogens (tertiary/aromatic N) is 2. The molecule has 0 radical (unpaired) electrons. The van der Waals surface area contributed by atoms with Crippen LogP contribution < -0.4 is 0 Å². The molecular weight excluding hydrogens is 311 g/mol. The van der Waals surface area contributed by atoms with E-state index in [2.05, 4.69) is 0 Å². The highest BCUT2D eigenvalue weighted by molar-refractivity contribution is 5.81. The molecule has 0 bridgehead atoms. The van der Waals surface area contributed by atoms with Crippen molar-refractivity contribution in [1.29, 1.82) is 0 Å². The molecular formula is C18H25FN2O3. The Labute approximate surface area is 142 Å². The Kier molecular flexibility index (Phi) is 6.31. The van der Waals surface area contributed by atoms with Gasteiger partial charge in [0, 0.05) is 33.2 Å². The number of amides is 2. The van der Waals surface area contributed by atoms with E-state index in [1.54, 1.807) is 17.0 Å². The predicted octanol–water partition coefficient (Wildman–Crippen LogP) is 2.06. The number of halogens is 1. The molecule has 0 saturated carbocycles. The molecule has 1 aromatic rings. The molecule has 6 heteroatoms. The zero-order chi connectivity index (χ0) is 17.7. The highest BCUT2D eigenvalue weighted by Crippen LogP contribution is 2.21. The van der Waals surface area contributed by atoms with Crippen molar-refractivity contribution in [1.82, 2.24) is 9.80 Å². The smallest absolute Gasteiger partial charge is 0.248 e. The molecule has 5 nitrogen and oxygen atoms in total. The first-order chi connectivity index (χ1) is 11.4. The molecule has 1 unspecified atom stereocenters. The average molecular weight is 336 g/mol. The molecule has 1 fully saturated rings. The standard InChI is InChI=1S/C18H25FN2O3/c1-13(2)16-11-20(18(23)12-24-3)9-8-17(22)21(16)10-14-4-6-15(19)7-5-14/h4-7,13,16H,8-12H2,1-3H3. The Bertz CT molecular complexity index is 574. The first-order valence-corrected chi connectivity index (χ1v) is 8.23. The Morgan fingerprint density at radius 1 is 1.33 bits per heavy atom. The third-order valence-electron chi connectivity index (χ3n) is 4.38. The summed E-state index contributed by atoms with van der Waals surface area (Å²) in [5.41, 5.74) is 0.882. The average Bonchev–Trinajstić information content (AvgIpc) is 2.70. The SMILES string of the molecule is COCC(=O)N1CCC(=O)N(Cc2ccc(F)cc2)C(C(C)C)C1. The van der Waals surface area contributed by atoms with Crippen molar-refractivity contribution in [2.75, 3.05) is 26.8 Å². The van der Waals surface area contributed by atoms with E-state index in [-0.39, 0.29) is 36.2 Å². The molecule has 1 heterocycles. The fourth-order valence-corrected chi connectivity index (χ4v) is 2.98. The number of hydrogen-bond acceptors (Lipinski definition) is 3. The zero-order valence-electron chi connectivity index (χ0n) is 14.5. The maximum Gasteiger partial charge on any atom is 0.248 e. The zero-order valence-corrected chi connectivity index (χ0v) is 14.5. The molecule has 1 saturated heterocycles. The number of hydrogen-bond donors (Lipinski definition) is 0. The van der Waals surface area contributed by atoms with Crippen LogP contribution >= 0.6 is 0 Å². The topological polar surface area (TPSA) is 49.9 Å². The van der Waals surface area contributed by atoms with Crippen LogP contribution in [0, 0.1) is 11.7 Å². The lowest BCUT2D eigenvalue weighted by Crippen LogP contribution is -2.47. The summed E-state index contributed by atoms with van der Waals surface area (Å²) in [5, 5.41) is 0. The van der Waals surface area contributed by atoms with E-state index in [1.165, 1.54) is 19.2 Å². The van der Waals surface area contributed by atoms with Gasteiger partial charge in [-0.1, -0.05) is 26.0 Å². The Hall–Kier alpha value is -1.95. The van der Waals surface area contributed by atoms with Crippen LogP contribution in [0.2, 0.25) is 0 Å². The minimum Gasteiger partial charge on any atom is -0.375 e.